The Labute approximate surface area is 182 Å². The van der Waals surface area contributed by atoms with Crippen molar-refractivity contribution >= 4 is 22.4 Å². The van der Waals surface area contributed by atoms with Crippen LogP contribution in [0.4, 0.5) is 14.5 Å². The highest BCUT2D eigenvalue weighted by molar-refractivity contribution is 5.87. The molecule has 0 bridgehead atoms. The molecular formula is C25H31F2NO3. The molecule has 0 aromatic heterocycles. The zero-order valence-corrected chi connectivity index (χ0v) is 18.1. The molecule has 0 heterocycles. The number of carboxylic acid groups (broad SMARTS) is 1. The maximum Gasteiger partial charge on any atom is 0.376 e. The average molecular weight is 432 g/mol. The predicted octanol–water partition coefficient (Wildman–Crippen LogP) is 6.27. The van der Waals surface area contributed by atoms with Crippen LogP contribution in [0.5, 0.6) is 5.75 Å². The number of carbonyl (C=O) groups is 1. The van der Waals surface area contributed by atoms with E-state index in [4.69, 9.17) is 9.84 Å². The monoisotopic (exact) mass is 431 g/mol. The first-order valence-electron chi connectivity index (χ1n) is 11.3. The van der Waals surface area contributed by atoms with Crippen LogP contribution in [-0.4, -0.2) is 36.7 Å². The average Bonchev–Trinajstić information content (AvgIpc) is 2.75. The number of aliphatic carboxylic acids is 1. The molecule has 2 fully saturated rings. The lowest BCUT2D eigenvalue weighted by Crippen LogP contribution is -2.40. The molecule has 168 valence electrons. The second-order valence-corrected chi connectivity index (χ2v) is 9.44. The van der Waals surface area contributed by atoms with Gasteiger partial charge < -0.3 is 14.7 Å². The van der Waals surface area contributed by atoms with E-state index in [0.717, 1.165) is 29.4 Å². The minimum absolute atomic E-state index is 0.258. The molecule has 4 nitrogen and oxygen atoms in total. The molecule has 2 aromatic carbocycles. The van der Waals surface area contributed by atoms with Gasteiger partial charge in [-0.15, -0.1) is 0 Å². The van der Waals surface area contributed by atoms with Crippen molar-refractivity contribution in [1.82, 2.24) is 0 Å². The number of hydrogen-bond donors (Lipinski definition) is 1. The lowest BCUT2D eigenvalue weighted by Gasteiger charge is -2.42. The Bertz CT molecular complexity index is 930. The van der Waals surface area contributed by atoms with Gasteiger partial charge in [0.1, 0.15) is 5.75 Å². The number of halogens is 2. The molecule has 0 unspecified atom stereocenters. The largest absolute Gasteiger partial charge is 0.490 e. The molecule has 0 saturated heterocycles. The standard InChI is InChI=1S/C25H31F2NO3/c1-28(17-25(26,27)23(29)30)20-7-5-19-16-22(8-6-18(19)15-20)31-21-9-13-24(14-10-21)11-3-2-4-12-24/h5-8,15-16,21H,2-4,9-14,17H2,1H3,(H,29,30). The normalized spacial score (nSPS) is 19.5. The van der Waals surface area contributed by atoms with Crippen LogP contribution in [0.25, 0.3) is 10.8 Å². The number of anilines is 1. The molecule has 4 rings (SSSR count). The van der Waals surface area contributed by atoms with E-state index in [9.17, 15) is 13.6 Å². The van der Waals surface area contributed by atoms with Gasteiger partial charge in [-0.1, -0.05) is 31.4 Å². The third-order valence-corrected chi connectivity index (χ3v) is 7.19. The Hall–Kier alpha value is -2.37. The van der Waals surface area contributed by atoms with E-state index in [1.807, 2.05) is 24.3 Å². The van der Waals surface area contributed by atoms with Crippen LogP contribution in [0.2, 0.25) is 0 Å². The predicted molar refractivity (Wildman–Crippen MR) is 118 cm³/mol. The molecule has 0 amide bonds. The van der Waals surface area contributed by atoms with Crippen molar-refractivity contribution in [2.45, 2.75) is 69.8 Å². The number of hydrogen-bond acceptors (Lipinski definition) is 3. The number of carboxylic acids is 1. The van der Waals surface area contributed by atoms with Gasteiger partial charge in [-0.25, -0.2) is 4.79 Å². The molecular weight excluding hydrogens is 400 g/mol. The highest BCUT2D eigenvalue weighted by Crippen LogP contribution is 2.48. The highest BCUT2D eigenvalue weighted by Gasteiger charge is 2.40. The molecule has 31 heavy (non-hydrogen) atoms. The summed E-state index contributed by atoms with van der Waals surface area (Å²) in [5, 5.41) is 10.5. The van der Waals surface area contributed by atoms with Gasteiger partial charge in [0, 0.05) is 12.7 Å². The number of benzene rings is 2. The van der Waals surface area contributed by atoms with Gasteiger partial charge in [0.05, 0.1) is 12.6 Å². The number of fused-ring (bicyclic) bond motifs is 1. The van der Waals surface area contributed by atoms with E-state index in [-0.39, 0.29) is 6.10 Å². The van der Waals surface area contributed by atoms with Crippen molar-refractivity contribution in [1.29, 1.82) is 0 Å². The Kier molecular flexibility index (Phi) is 6.09. The fourth-order valence-electron chi connectivity index (χ4n) is 5.29. The summed E-state index contributed by atoms with van der Waals surface area (Å²) < 4.78 is 33.4. The first kappa shape index (κ1) is 21.8. The van der Waals surface area contributed by atoms with Gasteiger partial charge in [-0.05, 0) is 79.0 Å². The summed E-state index contributed by atoms with van der Waals surface area (Å²) in [5.41, 5.74) is 1.12. The molecule has 2 saturated carbocycles. The zero-order chi connectivity index (χ0) is 22.1. The minimum atomic E-state index is -3.79. The second-order valence-electron chi connectivity index (χ2n) is 9.44. The quantitative estimate of drug-likeness (QED) is 0.586. The van der Waals surface area contributed by atoms with Crippen LogP contribution in [0.15, 0.2) is 36.4 Å². The van der Waals surface area contributed by atoms with E-state index >= 15 is 0 Å². The SMILES string of the molecule is CN(CC(F)(F)C(=O)O)c1ccc2cc(OC3CCC4(CCCCC4)CC3)ccc2c1. The smallest absolute Gasteiger partial charge is 0.376 e. The molecule has 1 N–H and O–H groups in total. The summed E-state index contributed by atoms with van der Waals surface area (Å²) in [5.74, 6) is -5.06. The van der Waals surface area contributed by atoms with Crippen molar-refractivity contribution in [3.8, 4) is 5.75 Å². The van der Waals surface area contributed by atoms with E-state index in [1.165, 1.54) is 56.9 Å². The Morgan fingerprint density at radius 1 is 1.06 bits per heavy atom. The number of nitrogens with zero attached hydrogens (tertiary/aromatic N) is 1. The first-order valence-corrected chi connectivity index (χ1v) is 11.3. The van der Waals surface area contributed by atoms with Crippen molar-refractivity contribution in [3.05, 3.63) is 36.4 Å². The van der Waals surface area contributed by atoms with Crippen LogP contribution >= 0.6 is 0 Å². The fourth-order valence-corrected chi connectivity index (χ4v) is 5.29. The van der Waals surface area contributed by atoms with E-state index in [2.05, 4.69) is 0 Å². The van der Waals surface area contributed by atoms with E-state index < -0.39 is 18.4 Å². The van der Waals surface area contributed by atoms with Crippen LogP contribution < -0.4 is 9.64 Å². The van der Waals surface area contributed by atoms with Crippen LogP contribution in [-0.2, 0) is 4.79 Å². The number of alkyl halides is 2. The zero-order valence-electron chi connectivity index (χ0n) is 18.1. The van der Waals surface area contributed by atoms with Gasteiger partial charge in [-0.3, -0.25) is 0 Å². The van der Waals surface area contributed by atoms with Crippen LogP contribution in [0.1, 0.15) is 57.8 Å². The van der Waals surface area contributed by atoms with Crippen molar-refractivity contribution in [2.24, 2.45) is 5.41 Å². The Morgan fingerprint density at radius 3 is 2.39 bits per heavy atom. The molecule has 2 aliphatic rings. The summed E-state index contributed by atoms with van der Waals surface area (Å²) in [4.78, 5) is 12.0. The van der Waals surface area contributed by atoms with Gasteiger partial charge in [-0.2, -0.15) is 8.78 Å². The lowest BCUT2D eigenvalue weighted by molar-refractivity contribution is -0.163. The molecule has 0 radical (unpaired) electrons. The Balaban J connectivity index is 1.40. The van der Waals surface area contributed by atoms with Crippen molar-refractivity contribution < 1.29 is 23.4 Å². The minimum Gasteiger partial charge on any atom is -0.490 e. The maximum absolute atomic E-state index is 13.5. The topological polar surface area (TPSA) is 49.8 Å². The third kappa shape index (κ3) is 4.94. The lowest BCUT2D eigenvalue weighted by atomic mass is 9.65. The molecule has 1 spiro atoms. The van der Waals surface area contributed by atoms with Crippen molar-refractivity contribution in [3.63, 3.8) is 0 Å². The van der Waals surface area contributed by atoms with Crippen LogP contribution in [0, 0.1) is 5.41 Å². The summed E-state index contributed by atoms with van der Waals surface area (Å²) >= 11 is 0. The molecule has 2 aromatic rings. The molecule has 0 atom stereocenters. The van der Waals surface area contributed by atoms with Gasteiger partial charge in [0.15, 0.2) is 0 Å². The van der Waals surface area contributed by atoms with E-state index in [0.29, 0.717) is 11.1 Å². The summed E-state index contributed by atoms with van der Waals surface area (Å²) in [6.45, 7) is -0.877. The van der Waals surface area contributed by atoms with Crippen LogP contribution in [0.3, 0.4) is 0 Å². The summed E-state index contributed by atoms with van der Waals surface area (Å²) in [6.07, 6.45) is 11.9. The van der Waals surface area contributed by atoms with E-state index in [1.54, 1.807) is 12.1 Å². The highest BCUT2D eigenvalue weighted by atomic mass is 19.3. The maximum atomic E-state index is 13.5. The first-order chi connectivity index (χ1) is 14.8. The summed E-state index contributed by atoms with van der Waals surface area (Å²) in [6, 6.07) is 11.3. The Morgan fingerprint density at radius 2 is 1.71 bits per heavy atom. The van der Waals surface area contributed by atoms with Gasteiger partial charge >= 0.3 is 11.9 Å². The summed E-state index contributed by atoms with van der Waals surface area (Å²) in [7, 11) is 1.47. The van der Waals surface area contributed by atoms with Crippen molar-refractivity contribution in [2.75, 3.05) is 18.5 Å². The number of ether oxygens (including phenoxy) is 1. The third-order valence-electron chi connectivity index (χ3n) is 7.19. The van der Waals surface area contributed by atoms with Gasteiger partial charge in [0.25, 0.3) is 0 Å². The molecule has 6 heteroatoms. The fraction of sp³-hybridized carbons (Fsp3) is 0.560. The van der Waals surface area contributed by atoms with Gasteiger partial charge in [0.2, 0.25) is 0 Å². The second kappa shape index (κ2) is 8.64. The molecule has 0 aliphatic heterocycles. The number of rotatable bonds is 6. The molecule has 2 aliphatic carbocycles.